The summed E-state index contributed by atoms with van der Waals surface area (Å²) in [5.41, 5.74) is 4.31. The molecule has 2 unspecified atom stereocenters. The first kappa shape index (κ1) is 20.2. The minimum absolute atomic E-state index is 0.308. The summed E-state index contributed by atoms with van der Waals surface area (Å²) >= 11 is 0. The molecule has 2 atom stereocenters. The van der Waals surface area contributed by atoms with Gasteiger partial charge in [-0.05, 0) is 36.6 Å². The zero-order valence-electron chi connectivity index (χ0n) is 16.2. The number of aliphatic hydroxyl groups excluding tert-OH is 2. The summed E-state index contributed by atoms with van der Waals surface area (Å²) < 4.78 is 13.5. The Kier molecular flexibility index (Phi) is 5.61. The van der Waals surface area contributed by atoms with Crippen molar-refractivity contribution in [3.63, 3.8) is 0 Å². The Morgan fingerprint density at radius 3 is 2.50 bits per heavy atom. The molecular weight excluding hydrogens is 385 g/mol. The molecule has 1 saturated carbocycles. The average Bonchev–Trinajstić information content (AvgIpc) is 3.57. The molecule has 1 heterocycles. The summed E-state index contributed by atoms with van der Waals surface area (Å²) in [6.07, 6.45) is 2.19. The third kappa shape index (κ3) is 4.25. The van der Waals surface area contributed by atoms with E-state index in [0.29, 0.717) is 5.92 Å². The lowest BCUT2D eigenvalue weighted by atomic mass is 9.92. The maximum atomic E-state index is 13.5. The van der Waals surface area contributed by atoms with Gasteiger partial charge >= 0.3 is 5.97 Å². The molecule has 1 aliphatic rings. The van der Waals surface area contributed by atoms with Gasteiger partial charge in [-0.1, -0.05) is 42.5 Å². The number of aliphatic hydroxyl groups is 2. The lowest BCUT2D eigenvalue weighted by Crippen LogP contribution is -2.24. The molecule has 3 N–H and O–H groups in total. The Labute approximate surface area is 173 Å². The first-order valence-corrected chi connectivity index (χ1v) is 9.89. The molecule has 30 heavy (non-hydrogen) atoms. The SMILES string of the molecule is O=C(O)C(O)CC(O)/C=C/c1c(C2CC2)nc2ccccc2c1-c1ccc(F)cc1. The van der Waals surface area contributed by atoms with E-state index in [1.165, 1.54) is 18.2 Å². The molecule has 1 aromatic heterocycles. The smallest absolute Gasteiger partial charge is 0.332 e. The molecule has 0 amide bonds. The summed E-state index contributed by atoms with van der Waals surface area (Å²) in [7, 11) is 0. The first-order chi connectivity index (χ1) is 14.4. The predicted octanol–water partition coefficient (Wildman–Crippen LogP) is 4.13. The number of pyridine rings is 1. The van der Waals surface area contributed by atoms with E-state index in [1.807, 2.05) is 24.3 Å². The zero-order chi connectivity index (χ0) is 21.3. The monoisotopic (exact) mass is 407 g/mol. The third-order valence-corrected chi connectivity index (χ3v) is 5.29. The Bertz CT molecular complexity index is 1110. The number of para-hydroxylation sites is 1. The Balaban J connectivity index is 1.85. The van der Waals surface area contributed by atoms with Gasteiger partial charge in [-0.3, -0.25) is 4.98 Å². The van der Waals surface area contributed by atoms with Crippen LogP contribution in [0.4, 0.5) is 4.39 Å². The van der Waals surface area contributed by atoms with Crippen LogP contribution in [-0.2, 0) is 4.79 Å². The van der Waals surface area contributed by atoms with Crippen LogP contribution in [0.15, 0.2) is 54.6 Å². The van der Waals surface area contributed by atoms with Crippen LogP contribution < -0.4 is 0 Å². The van der Waals surface area contributed by atoms with Gasteiger partial charge in [0.2, 0.25) is 0 Å². The number of hydrogen-bond acceptors (Lipinski definition) is 4. The second kappa shape index (κ2) is 8.34. The number of benzene rings is 2. The topological polar surface area (TPSA) is 90.7 Å². The van der Waals surface area contributed by atoms with E-state index in [2.05, 4.69) is 0 Å². The van der Waals surface area contributed by atoms with Gasteiger partial charge in [-0.15, -0.1) is 0 Å². The molecule has 6 heteroatoms. The lowest BCUT2D eigenvalue weighted by Gasteiger charge is -2.16. The number of fused-ring (bicyclic) bond motifs is 1. The summed E-state index contributed by atoms with van der Waals surface area (Å²) in [5, 5.41) is 29.5. The summed E-state index contributed by atoms with van der Waals surface area (Å²) in [4.78, 5) is 15.7. The molecule has 2 aromatic carbocycles. The zero-order valence-corrected chi connectivity index (χ0v) is 16.2. The van der Waals surface area contributed by atoms with Crippen molar-refractivity contribution in [2.75, 3.05) is 0 Å². The molecule has 0 radical (unpaired) electrons. The predicted molar refractivity (Wildman–Crippen MR) is 112 cm³/mol. The average molecular weight is 407 g/mol. The van der Waals surface area contributed by atoms with Gasteiger partial charge in [0.25, 0.3) is 0 Å². The van der Waals surface area contributed by atoms with Gasteiger partial charge in [0.15, 0.2) is 6.10 Å². The van der Waals surface area contributed by atoms with Crippen LogP contribution in [-0.4, -0.2) is 38.5 Å². The molecule has 0 saturated heterocycles. The van der Waals surface area contributed by atoms with Crippen LogP contribution >= 0.6 is 0 Å². The Morgan fingerprint density at radius 2 is 1.83 bits per heavy atom. The lowest BCUT2D eigenvalue weighted by molar-refractivity contribution is -0.147. The van der Waals surface area contributed by atoms with Gasteiger partial charge < -0.3 is 15.3 Å². The molecular formula is C24H22FNO4. The fourth-order valence-electron chi connectivity index (χ4n) is 3.63. The van der Waals surface area contributed by atoms with Crippen molar-refractivity contribution < 1.29 is 24.5 Å². The number of halogens is 1. The maximum Gasteiger partial charge on any atom is 0.332 e. The largest absolute Gasteiger partial charge is 0.479 e. The normalized spacial score (nSPS) is 16.1. The van der Waals surface area contributed by atoms with Crippen molar-refractivity contribution in [3.05, 3.63) is 71.7 Å². The molecule has 0 aliphatic heterocycles. The fourth-order valence-corrected chi connectivity index (χ4v) is 3.63. The highest BCUT2D eigenvalue weighted by atomic mass is 19.1. The molecule has 4 rings (SSSR count). The molecule has 0 spiro atoms. The second-order valence-electron chi connectivity index (χ2n) is 7.60. The van der Waals surface area contributed by atoms with Crippen LogP contribution in [0.2, 0.25) is 0 Å². The number of carbonyl (C=O) groups is 1. The van der Waals surface area contributed by atoms with Crippen molar-refractivity contribution in [1.82, 2.24) is 4.98 Å². The quantitative estimate of drug-likeness (QED) is 0.548. The molecule has 5 nitrogen and oxygen atoms in total. The van der Waals surface area contributed by atoms with Crippen molar-refractivity contribution >= 4 is 22.9 Å². The Morgan fingerprint density at radius 1 is 1.13 bits per heavy atom. The van der Waals surface area contributed by atoms with Crippen molar-refractivity contribution in [1.29, 1.82) is 0 Å². The number of carboxylic acids is 1. The van der Waals surface area contributed by atoms with Crippen LogP contribution in [0, 0.1) is 5.82 Å². The molecule has 1 fully saturated rings. The van der Waals surface area contributed by atoms with Gasteiger partial charge in [0, 0.05) is 28.9 Å². The number of hydrogen-bond donors (Lipinski definition) is 3. The van der Waals surface area contributed by atoms with E-state index in [-0.39, 0.29) is 12.2 Å². The van der Waals surface area contributed by atoms with E-state index in [4.69, 9.17) is 10.1 Å². The molecule has 1 aliphatic carbocycles. The van der Waals surface area contributed by atoms with E-state index in [0.717, 1.165) is 46.1 Å². The highest BCUT2D eigenvalue weighted by Gasteiger charge is 2.29. The van der Waals surface area contributed by atoms with Gasteiger partial charge in [-0.25, -0.2) is 9.18 Å². The van der Waals surface area contributed by atoms with Crippen LogP contribution in [0.5, 0.6) is 0 Å². The molecule has 154 valence electrons. The Hall–Kier alpha value is -3.09. The van der Waals surface area contributed by atoms with E-state index >= 15 is 0 Å². The van der Waals surface area contributed by atoms with E-state index in [9.17, 15) is 19.4 Å². The van der Waals surface area contributed by atoms with Crippen molar-refractivity contribution in [2.24, 2.45) is 0 Å². The van der Waals surface area contributed by atoms with Crippen LogP contribution in [0.1, 0.15) is 36.4 Å². The summed E-state index contributed by atoms with van der Waals surface area (Å²) in [6.45, 7) is 0. The number of aliphatic carboxylic acids is 1. The van der Waals surface area contributed by atoms with Gasteiger partial charge in [0.05, 0.1) is 17.3 Å². The van der Waals surface area contributed by atoms with Crippen molar-refractivity contribution in [3.8, 4) is 11.1 Å². The minimum atomic E-state index is -1.64. The summed E-state index contributed by atoms with van der Waals surface area (Å²) in [5.74, 6) is -1.38. The number of carboxylic acid groups (broad SMARTS) is 1. The van der Waals surface area contributed by atoms with E-state index in [1.54, 1.807) is 18.2 Å². The second-order valence-corrected chi connectivity index (χ2v) is 7.60. The molecule has 3 aromatic rings. The van der Waals surface area contributed by atoms with Gasteiger partial charge in [0.1, 0.15) is 5.82 Å². The van der Waals surface area contributed by atoms with E-state index < -0.39 is 18.2 Å². The fraction of sp³-hybridized carbons (Fsp3) is 0.250. The first-order valence-electron chi connectivity index (χ1n) is 9.89. The number of rotatable bonds is 7. The third-order valence-electron chi connectivity index (χ3n) is 5.29. The number of nitrogens with zero attached hydrogens (tertiary/aromatic N) is 1. The van der Waals surface area contributed by atoms with Gasteiger partial charge in [-0.2, -0.15) is 0 Å². The highest BCUT2D eigenvalue weighted by molar-refractivity contribution is 5.99. The minimum Gasteiger partial charge on any atom is -0.479 e. The van der Waals surface area contributed by atoms with Crippen LogP contribution in [0.25, 0.3) is 28.1 Å². The summed E-state index contributed by atoms with van der Waals surface area (Å²) in [6, 6.07) is 14.0. The maximum absolute atomic E-state index is 13.5. The molecule has 0 bridgehead atoms. The number of aromatic nitrogens is 1. The van der Waals surface area contributed by atoms with Crippen LogP contribution in [0.3, 0.4) is 0 Å². The standard InChI is InChI=1S/C24H22FNO4/c25-16-9-7-14(8-10-16)22-18-3-1-2-4-20(18)26-23(15-5-6-15)19(22)12-11-17(27)13-21(28)24(29)30/h1-4,7-12,15,17,21,27-28H,5-6,13H2,(H,29,30)/b12-11+. The highest BCUT2D eigenvalue weighted by Crippen LogP contribution is 2.45. The van der Waals surface area contributed by atoms with Crippen molar-refractivity contribution in [2.45, 2.75) is 37.4 Å².